The summed E-state index contributed by atoms with van der Waals surface area (Å²) in [5.41, 5.74) is 0.0340. The number of aromatic nitrogens is 3. The molecule has 5 nitrogen and oxygen atoms in total. The zero-order chi connectivity index (χ0) is 18.8. The van der Waals surface area contributed by atoms with E-state index in [4.69, 9.17) is 0 Å². The molecule has 0 aliphatic rings. The number of nitrogens with one attached hydrogen (secondary N) is 1. The molecule has 134 valence electrons. The summed E-state index contributed by atoms with van der Waals surface area (Å²) >= 11 is 0. The topological polar surface area (TPSA) is 59.8 Å². The number of aryl methyl sites for hydroxylation is 1. The average Bonchev–Trinajstić information content (AvgIpc) is 2.59. The molecule has 0 aliphatic carbocycles. The van der Waals surface area contributed by atoms with Crippen molar-refractivity contribution < 1.29 is 17.6 Å². The Hall–Kier alpha value is -3.23. The zero-order valence-electron chi connectivity index (χ0n) is 13.4. The first-order valence-electron chi connectivity index (χ1n) is 7.44. The standard InChI is InChI=1S/C17H12F4N4O/c1-9-14(3-2-4-22-9)23-17-24-16(26)13(20)8-25(17)7-10-5-11(18)15(21)12(19)6-10/h2-6,8H,7H2,1H3,(H,23,24,26). The van der Waals surface area contributed by atoms with Crippen LogP contribution in [0.3, 0.4) is 0 Å². The number of nitrogens with zero attached hydrogens (tertiary/aromatic N) is 3. The Morgan fingerprint density at radius 3 is 2.46 bits per heavy atom. The molecule has 2 aromatic heterocycles. The summed E-state index contributed by atoms with van der Waals surface area (Å²) in [5, 5.41) is 2.83. The number of benzene rings is 1. The first-order valence-corrected chi connectivity index (χ1v) is 7.44. The van der Waals surface area contributed by atoms with E-state index in [1.807, 2.05) is 0 Å². The number of hydrogen-bond donors (Lipinski definition) is 1. The van der Waals surface area contributed by atoms with E-state index in [1.165, 1.54) is 0 Å². The predicted octanol–water partition coefficient (Wildman–Crippen LogP) is 3.30. The average molecular weight is 364 g/mol. The third-order valence-electron chi connectivity index (χ3n) is 3.60. The van der Waals surface area contributed by atoms with Crippen LogP contribution in [-0.4, -0.2) is 14.5 Å². The Morgan fingerprint density at radius 1 is 1.12 bits per heavy atom. The Balaban J connectivity index is 2.02. The molecule has 0 amide bonds. The molecule has 0 radical (unpaired) electrons. The molecule has 0 spiro atoms. The molecule has 0 saturated heterocycles. The van der Waals surface area contributed by atoms with Crippen LogP contribution in [0.2, 0.25) is 0 Å². The summed E-state index contributed by atoms with van der Waals surface area (Å²) in [6.07, 6.45) is 2.41. The molecule has 3 aromatic rings. The summed E-state index contributed by atoms with van der Waals surface area (Å²) in [6, 6.07) is 4.88. The number of rotatable bonds is 4. The summed E-state index contributed by atoms with van der Waals surface area (Å²) in [5.74, 6) is -5.53. The maximum atomic E-state index is 13.7. The van der Waals surface area contributed by atoms with Crippen molar-refractivity contribution in [3.63, 3.8) is 0 Å². The first kappa shape index (κ1) is 17.6. The fourth-order valence-corrected chi connectivity index (χ4v) is 2.32. The molecule has 3 rings (SSSR count). The summed E-state index contributed by atoms with van der Waals surface area (Å²) < 4.78 is 54.7. The van der Waals surface area contributed by atoms with Gasteiger partial charge in [0.25, 0.3) is 0 Å². The van der Waals surface area contributed by atoms with Crippen LogP contribution in [0.1, 0.15) is 11.3 Å². The van der Waals surface area contributed by atoms with Crippen molar-refractivity contribution in [1.29, 1.82) is 0 Å². The van der Waals surface area contributed by atoms with Gasteiger partial charge >= 0.3 is 5.56 Å². The number of hydrogen-bond acceptors (Lipinski definition) is 4. The van der Waals surface area contributed by atoms with Crippen molar-refractivity contribution in [3.05, 3.63) is 81.5 Å². The zero-order valence-corrected chi connectivity index (χ0v) is 13.4. The molecule has 0 fully saturated rings. The normalized spacial score (nSPS) is 10.8. The van der Waals surface area contributed by atoms with Gasteiger partial charge in [-0.25, -0.2) is 13.2 Å². The smallest absolute Gasteiger partial charge is 0.310 e. The highest BCUT2D eigenvalue weighted by Gasteiger charge is 2.14. The van der Waals surface area contributed by atoms with Gasteiger partial charge in [-0.15, -0.1) is 0 Å². The Kier molecular flexibility index (Phi) is 4.70. The fourth-order valence-electron chi connectivity index (χ4n) is 2.32. The van der Waals surface area contributed by atoms with Crippen molar-refractivity contribution in [2.24, 2.45) is 0 Å². The molecule has 9 heteroatoms. The minimum atomic E-state index is -1.60. The largest absolute Gasteiger partial charge is 0.324 e. The molecule has 0 saturated carbocycles. The van der Waals surface area contributed by atoms with Crippen molar-refractivity contribution >= 4 is 11.6 Å². The van der Waals surface area contributed by atoms with Crippen LogP contribution in [0.4, 0.5) is 29.2 Å². The third-order valence-corrected chi connectivity index (χ3v) is 3.60. The van der Waals surface area contributed by atoms with E-state index in [0.717, 1.165) is 22.9 Å². The molecule has 0 aliphatic heterocycles. The van der Waals surface area contributed by atoms with Gasteiger partial charge in [0, 0.05) is 12.4 Å². The van der Waals surface area contributed by atoms with Crippen molar-refractivity contribution in [2.75, 3.05) is 5.32 Å². The fraction of sp³-hybridized carbons (Fsp3) is 0.118. The molecule has 26 heavy (non-hydrogen) atoms. The van der Waals surface area contributed by atoms with Gasteiger partial charge in [-0.1, -0.05) is 0 Å². The van der Waals surface area contributed by atoms with Crippen LogP contribution in [0.15, 0.2) is 41.5 Å². The van der Waals surface area contributed by atoms with Crippen LogP contribution in [0.25, 0.3) is 0 Å². The molecular formula is C17H12F4N4O. The van der Waals surface area contributed by atoms with Gasteiger partial charge in [0.2, 0.25) is 11.8 Å². The lowest BCUT2D eigenvalue weighted by atomic mass is 10.2. The van der Waals surface area contributed by atoms with E-state index in [1.54, 1.807) is 25.3 Å². The van der Waals surface area contributed by atoms with E-state index in [2.05, 4.69) is 15.3 Å². The second-order valence-corrected chi connectivity index (χ2v) is 5.48. The van der Waals surface area contributed by atoms with Crippen molar-refractivity contribution in [2.45, 2.75) is 13.5 Å². The Morgan fingerprint density at radius 2 is 1.81 bits per heavy atom. The van der Waals surface area contributed by atoms with E-state index in [9.17, 15) is 22.4 Å². The summed E-state index contributed by atoms with van der Waals surface area (Å²) in [6.45, 7) is 1.46. The van der Waals surface area contributed by atoms with Crippen molar-refractivity contribution in [1.82, 2.24) is 14.5 Å². The quantitative estimate of drug-likeness (QED) is 0.570. The monoisotopic (exact) mass is 364 g/mol. The van der Waals surface area contributed by atoms with Crippen LogP contribution >= 0.6 is 0 Å². The highest BCUT2D eigenvalue weighted by atomic mass is 19.2. The number of pyridine rings is 1. The summed E-state index contributed by atoms with van der Waals surface area (Å²) in [7, 11) is 0. The lowest BCUT2D eigenvalue weighted by Gasteiger charge is -2.15. The lowest BCUT2D eigenvalue weighted by molar-refractivity contribution is 0.444. The molecule has 1 aromatic carbocycles. The minimum absolute atomic E-state index is 0.0252. The predicted molar refractivity (Wildman–Crippen MR) is 86.1 cm³/mol. The highest BCUT2D eigenvalue weighted by molar-refractivity contribution is 5.55. The highest BCUT2D eigenvalue weighted by Crippen LogP contribution is 2.19. The van der Waals surface area contributed by atoms with Crippen molar-refractivity contribution in [3.8, 4) is 0 Å². The van der Waals surface area contributed by atoms with Crippen LogP contribution in [0, 0.1) is 30.2 Å². The van der Waals surface area contributed by atoms with Gasteiger partial charge in [-0.3, -0.25) is 9.78 Å². The van der Waals surface area contributed by atoms with Gasteiger partial charge in [0.1, 0.15) is 0 Å². The van der Waals surface area contributed by atoms with Crippen LogP contribution in [0.5, 0.6) is 0 Å². The van der Waals surface area contributed by atoms with E-state index >= 15 is 0 Å². The van der Waals surface area contributed by atoms with Gasteiger partial charge in [0.15, 0.2) is 17.5 Å². The number of halogens is 4. The Labute approximate surface area is 145 Å². The van der Waals surface area contributed by atoms with Gasteiger partial charge in [-0.2, -0.15) is 9.37 Å². The SMILES string of the molecule is Cc1ncccc1Nc1nc(=O)c(F)cn1Cc1cc(F)c(F)c(F)c1. The molecule has 2 heterocycles. The lowest BCUT2D eigenvalue weighted by Crippen LogP contribution is -2.20. The maximum Gasteiger partial charge on any atom is 0.310 e. The third kappa shape index (κ3) is 3.56. The molecule has 0 atom stereocenters. The van der Waals surface area contributed by atoms with Crippen LogP contribution in [-0.2, 0) is 6.54 Å². The second kappa shape index (κ2) is 6.95. The van der Waals surface area contributed by atoms with Crippen LogP contribution < -0.4 is 10.9 Å². The molecule has 0 bridgehead atoms. The first-order chi connectivity index (χ1) is 12.3. The molecule has 0 unspecified atom stereocenters. The summed E-state index contributed by atoms with van der Waals surface area (Å²) in [4.78, 5) is 19.2. The maximum absolute atomic E-state index is 13.7. The van der Waals surface area contributed by atoms with Gasteiger partial charge < -0.3 is 9.88 Å². The van der Waals surface area contributed by atoms with E-state index in [-0.39, 0.29) is 18.1 Å². The van der Waals surface area contributed by atoms with Gasteiger partial charge in [0.05, 0.1) is 17.9 Å². The minimum Gasteiger partial charge on any atom is -0.324 e. The Bertz CT molecular complexity index is 1010. The molecule has 1 N–H and O–H groups in total. The van der Waals surface area contributed by atoms with E-state index < -0.39 is 28.8 Å². The molecular weight excluding hydrogens is 352 g/mol. The second-order valence-electron chi connectivity index (χ2n) is 5.48. The van der Waals surface area contributed by atoms with E-state index in [0.29, 0.717) is 11.4 Å². The number of anilines is 2. The van der Waals surface area contributed by atoms with Gasteiger partial charge in [-0.05, 0) is 36.8 Å².